The van der Waals surface area contributed by atoms with Gasteiger partial charge in [0.2, 0.25) is 23.6 Å². The maximum absolute atomic E-state index is 13.6. The van der Waals surface area contributed by atoms with Crippen molar-refractivity contribution in [1.29, 1.82) is 0 Å². The number of carbonyl (C=O) groups excluding carboxylic acids is 2. The smallest absolute Gasteiger partial charge is 0.246 e. The molecule has 0 spiro atoms. The molecule has 1 aliphatic carbocycles. The molecule has 0 bridgehead atoms. The van der Waals surface area contributed by atoms with Gasteiger partial charge in [-0.1, -0.05) is 37.3 Å². The SMILES string of the molecule is CCCOc1nc(Nc2cccc(F)c2)ncc1C#C[C@@H]1CCC[C@H](NC(=O)[C@H](C)N(C)C(=O)/C=C/CN(C)C)C1. The van der Waals surface area contributed by atoms with Crippen molar-refractivity contribution in [1.82, 2.24) is 25.1 Å². The molecule has 0 saturated heterocycles. The topological polar surface area (TPSA) is 99.7 Å². The number of hydrogen-bond acceptors (Lipinski definition) is 7. The Morgan fingerprint density at radius 1 is 1.27 bits per heavy atom. The van der Waals surface area contributed by atoms with Crippen molar-refractivity contribution in [2.75, 3.05) is 39.6 Å². The highest BCUT2D eigenvalue weighted by Gasteiger charge is 2.26. The molecule has 220 valence electrons. The first kappa shape index (κ1) is 31.6. The molecule has 2 aromatic rings. The lowest BCUT2D eigenvalue weighted by Crippen LogP contribution is -2.49. The minimum atomic E-state index is -0.590. The van der Waals surface area contributed by atoms with Gasteiger partial charge in [-0.15, -0.1) is 0 Å². The van der Waals surface area contributed by atoms with Crippen molar-refractivity contribution in [3.8, 4) is 17.7 Å². The van der Waals surface area contributed by atoms with E-state index < -0.39 is 6.04 Å². The van der Waals surface area contributed by atoms with Crippen molar-refractivity contribution >= 4 is 23.5 Å². The van der Waals surface area contributed by atoms with Gasteiger partial charge in [-0.05, 0) is 64.9 Å². The van der Waals surface area contributed by atoms with Gasteiger partial charge in [-0.2, -0.15) is 4.98 Å². The molecule has 1 saturated carbocycles. The lowest BCUT2D eigenvalue weighted by atomic mass is 9.86. The quantitative estimate of drug-likeness (QED) is 0.313. The molecule has 3 rings (SSSR count). The summed E-state index contributed by atoms with van der Waals surface area (Å²) in [6.45, 7) is 4.87. The summed E-state index contributed by atoms with van der Waals surface area (Å²) in [7, 11) is 5.49. The van der Waals surface area contributed by atoms with E-state index in [-0.39, 0.29) is 29.6 Å². The van der Waals surface area contributed by atoms with Gasteiger partial charge in [0.1, 0.15) is 17.4 Å². The maximum Gasteiger partial charge on any atom is 0.246 e. The number of likely N-dealkylation sites (N-methyl/N-ethyl adjacent to an activating group) is 2. The van der Waals surface area contributed by atoms with Crippen LogP contribution in [0.3, 0.4) is 0 Å². The van der Waals surface area contributed by atoms with Crippen LogP contribution in [0.5, 0.6) is 5.88 Å². The Bertz CT molecular complexity index is 1270. The van der Waals surface area contributed by atoms with Gasteiger partial charge in [-0.25, -0.2) is 9.37 Å². The number of anilines is 2. The number of carbonyl (C=O) groups is 2. The molecule has 2 N–H and O–H groups in total. The van der Waals surface area contributed by atoms with Crippen LogP contribution in [0, 0.1) is 23.6 Å². The van der Waals surface area contributed by atoms with Gasteiger partial charge in [-0.3, -0.25) is 9.59 Å². The second-order valence-corrected chi connectivity index (χ2v) is 10.5. The standard InChI is InChI=1S/C31H41FN6O3/c1-6-18-41-30-24(21-33-31(36-30)35-27-13-8-11-25(32)20-27)16-15-23-10-7-12-26(19-23)34-29(40)22(2)38(5)28(39)14-9-17-37(3)4/h8-9,11,13-14,20-23,26H,6-7,10,12,17-19H2,1-5H3,(H,34,40)(H,33,35,36)/b14-9+/t22-,23-,26-/m0/s1. The maximum atomic E-state index is 13.6. The molecule has 1 aromatic heterocycles. The molecule has 1 fully saturated rings. The molecular weight excluding hydrogens is 523 g/mol. The number of rotatable bonds is 11. The van der Waals surface area contributed by atoms with Crippen LogP contribution in [0.1, 0.15) is 51.5 Å². The Hall–Kier alpha value is -3.97. The van der Waals surface area contributed by atoms with Gasteiger partial charge in [0.05, 0.1) is 12.8 Å². The summed E-state index contributed by atoms with van der Waals surface area (Å²) in [6.07, 6.45) is 9.15. The Morgan fingerprint density at radius 3 is 2.80 bits per heavy atom. The zero-order chi connectivity index (χ0) is 29.8. The third-order valence-corrected chi connectivity index (χ3v) is 6.75. The van der Waals surface area contributed by atoms with Crippen LogP contribution in [0.4, 0.5) is 16.0 Å². The van der Waals surface area contributed by atoms with Crippen molar-refractivity contribution in [2.45, 2.75) is 58.0 Å². The molecule has 0 aliphatic heterocycles. The minimum Gasteiger partial charge on any atom is -0.477 e. The summed E-state index contributed by atoms with van der Waals surface area (Å²) in [6, 6.07) is 5.46. The van der Waals surface area contributed by atoms with E-state index in [0.29, 0.717) is 36.2 Å². The van der Waals surface area contributed by atoms with E-state index in [1.54, 1.807) is 38.4 Å². The molecule has 41 heavy (non-hydrogen) atoms. The fourth-order valence-electron chi connectivity index (χ4n) is 4.32. The normalized spacial score (nSPS) is 17.4. The minimum absolute atomic E-state index is 0.0179. The highest BCUT2D eigenvalue weighted by molar-refractivity contribution is 5.92. The molecule has 0 unspecified atom stereocenters. The van der Waals surface area contributed by atoms with Crippen molar-refractivity contribution < 1.29 is 18.7 Å². The number of benzene rings is 1. The van der Waals surface area contributed by atoms with E-state index in [0.717, 1.165) is 32.1 Å². The monoisotopic (exact) mass is 564 g/mol. The second kappa shape index (κ2) is 15.7. The van der Waals surface area contributed by atoms with Crippen LogP contribution in [0.15, 0.2) is 42.6 Å². The predicted molar refractivity (Wildman–Crippen MR) is 158 cm³/mol. The second-order valence-electron chi connectivity index (χ2n) is 10.5. The molecule has 10 heteroatoms. The highest BCUT2D eigenvalue weighted by atomic mass is 19.1. The van der Waals surface area contributed by atoms with E-state index in [2.05, 4.69) is 32.4 Å². The molecule has 2 amide bonds. The Kier molecular flexibility index (Phi) is 12.1. The van der Waals surface area contributed by atoms with Gasteiger partial charge in [0, 0.05) is 37.3 Å². The average Bonchev–Trinajstić information content (AvgIpc) is 2.94. The average molecular weight is 565 g/mol. The van der Waals surface area contributed by atoms with E-state index in [1.807, 2.05) is 25.9 Å². The van der Waals surface area contributed by atoms with E-state index >= 15 is 0 Å². The van der Waals surface area contributed by atoms with Crippen molar-refractivity contribution in [2.24, 2.45) is 5.92 Å². The van der Waals surface area contributed by atoms with Crippen LogP contribution in [0.25, 0.3) is 0 Å². The summed E-state index contributed by atoms with van der Waals surface area (Å²) >= 11 is 0. The first-order valence-electron chi connectivity index (χ1n) is 14.1. The van der Waals surface area contributed by atoms with Gasteiger partial charge >= 0.3 is 0 Å². The summed E-state index contributed by atoms with van der Waals surface area (Å²) in [5, 5.41) is 6.11. The molecule has 1 aliphatic rings. The van der Waals surface area contributed by atoms with Crippen molar-refractivity contribution in [3.63, 3.8) is 0 Å². The molecular formula is C31H41FN6O3. The Morgan fingerprint density at radius 2 is 2.07 bits per heavy atom. The predicted octanol–water partition coefficient (Wildman–Crippen LogP) is 4.14. The first-order chi connectivity index (χ1) is 19.7. The first-order valence-corrected chi connectivity index (χ1v) is 14.1. The summed E-state index contributed by atoms with van der Waals surface area (Å²) < 4.78 is 19.4. The van der Waals surface area contributed by atoms with Gasteiger partial charge in [0.15, 0.2) is 0 Å². The number of amides is 2. The van der Waals surface area contributed by atoms with Crippen molar-refractivity contribution in [3.05, 3.63) is 54.0 Å². The number of hydrogen-bond donors (Lipinski definition) is 2. The molecule has 1 heterocycles. The van der Waals surface area contributed by atoms with E-state index in [4.69, 9.17) is 4.74 Å². The number of aromatic nitrogens is 2. The van der Waals surface area contributed by atoms with Crippen LogP contribution < -0.4 is 15.4 Å². The highest BCUT2D eigenvalue weighted by Crippen LogP contribution is 2.25. The largest absolute Gasteiger partial charge is 0.477 e. The number of halogens is 1. The Labute approximate surface area is 242 Å². The number of nitrogens with one attached hydrogen (secondary N) is 2. The molecule has 9 nitrogen and oxygen atoms in total. The van der Waals surface area contributed by atoms with Gasteiger partial charge in [0.25, 0.3) is 0 Å². The van der Waals surface area contributed by atoms with Crippen LogP contribution in [0.2, 0.25) is 0 Å². The third kappa shape index (κ3) is 10.2. The molecule has 0 radical (unpaired) electrons. The lowest BCUT2D eigenvalue weighted by Gasteiger charge is -2.30. The van der Waals surface area contributed by atoms with E-state index in [1.165, 1.54) is 23.1 Å². The third-order valence-electron chi connectivity index (χ3n) is 6.75. The number of nitrogens with zero attached hydrogens (tertiary/aromatic N) is 4. The van der Waals surface area contributed by atoms with Crippen LogP contribution in [-0.4, -0.2) is 78.0 Å². The fourth-order valence-corrected chi connectivity index (χ4v) is 4.32. The Balaban J connectivity index is 1.62. The number of ether oxygens (including phenoxy) is 1. The zero-order valence-corrected chi connectivity index (χ0v) is 24.6. The summed E-state index contributed by atoms with van der Waals surface area (Å²) in [4.78, 5) is 37.6. The molecule has 3 atom stereocenters. The van der Waals surface area contributed by atoms with Crippen LogP contribution >= 0.6 is 0 Å². The zero-order valence-electron chi connectivity index (χ0n) is 24.6. The molecule has 1 aromatic carbocycles. The summed E-state index contributed by atoms with van der Waals surface area (Å²) in [5.74, 6) is 6.52. The summed E-state index contributed by atoms with van der Waals surface area (Å²) in [5.41, 5.74) is 1.11. The van der Waals surface area contributed by atoms with Crippen LogP contribution in [-0.2, 0) is 9.59 Å². The van der Waals surface area contributed by atoms with E-state index in [9.17, 15) is 14.0 Å². The lowest BCUT2D eigenvalue weighted by molar-refractivity contribution is -0.135. The van der Waals surface area contributed by atoms with Gasteiger partial charge < -0.3 is 25.2 Å². The fraction of sp³-hybridized carbons (Fsp3) is 0.484.